The van der Waals surface area contributed by atoms with Gasteiger partial charge < -0.3 is 4.43 Å². The summed E-state index contributed by atoms with van der Waals surface area (Å²) >= 11 is 0. The second kappa shape index (κ2) is 4.94. The zero-order valence-corrected chi connectivity index (χ0v) is 12.4. The molecule has 0 aliphatic heterocycles. The van der Waals surface area contributed by atoms with Gasteiger partial charge in [0.05, 0.1) is 0 Å². The van der Waals surface area contributed by atoms with Crippen molar-refractivity contribution in [1.82, 2.24) is 4.98 Å². The first-order valence-corrected chi connectivity index (χ1v) is 9.99. The average Bonchev–Trinajstić information content (AvgIpc) is 2.76. The van der Waals surface area contributed by atoms with Crippen LogP contribution >= 0.6 is 0 Å². The minimum Gasteiger partial charge on any atom is -0.405 e. The summed E-state index contributed by atoms with van der Waals surface area (Å²) in [6.07, 6.45) is 7.23. The average molecular weight is 263 g/mol. The van der Waals surface area contributed by atoms with Crippen LogP contribution in [0.2, 0.25) is 19.6 Å². The van der Waals surface area contributed by atoms with Crippen LogP contribution in [0.1, 0.15) is 36.0 Å². The normalized spacial score (nSPS) is 18.8. The van der Waals surface area contributed by atoms with Gasteiger partial charge in [0.2, 0.25) is 0 Å². The van der Waals surface area contributed by atoms with Crippen LogP contribution in [0.5, 0.6) is 0 Å². The number of aromatic nitrogens is 1. The highest BCUT2D eigenvalue weighted by molar-refractivity contribution is 6.70. The fraction of sp³-hybridized carbons (Fsp3) is 0.571. The number of pyridine rings is 1. The molecule has 2 rings (SSSR count). The zero-order valence-electron chi connectivity index (χ0n) is 11.4. The third-order valence-electron chi connectivity index (χ3n) is 3.27. The van der Waals surface area contributed by atoms with E-state index in [4.69, 9.17) is 4.43 Å². The van der Waals surface area contributed by atoms with Crippen molar-refractivity contribution in [2.24, 2.45) is 0 Å². The number of carbonyl (C=O) groups excluding carboxylic acids is 1. The summed E-state index contributed by atoms with van der Waals surface area (Å²) in [5.74, 6) is 0.143. The Labute approximate surface area is 110 Å². The van der Waals surface area contributed by atoms with Crippen molar-refractivity contribution in [3.63, 3.8) is 0 Å². The molecule has 0 saturated heterocycles. The van der Waals surface area contributed by atoms with E-state index in [-0.39, 0.29) is 5.78 Å². The summed E-state index contributed by atoms with van der Waals surface area (Å²) in [7, 11) is -1.73. The van der Waals surface area contributed by atoms with E-state index in [0.29, 0.717) is 0 Å². The van der Waals surface area contributed by atoms with Gasteiger partial charge in [0, 0.05) is 18.0 Å². The summed E-state index contributed by atoms with van der Waals surface area (Å²) in [5, 5.41) is 0. The summed E-state index contributed by atoms with van der Waals surface area (Å²) in [5.41, 5.74) is 0.163. The molecule has 0 amide bonds. The van der Waals surface area contributed by atoms with E-state index in [1.165, 1.54) is 0 Å². The molecule has 4 heteroatoms. The maximum Gasteiger partial charge on any atom is 0.193 e. The second-order valence-corrected chi connectivity index (χ2v) is 10.4. The van der Waals surface area contributed by atoms with E-state index >= 15 is 0 Å². The zero-order chi connectivity index (χ0) is 13.2. The standard InChI is InChI=1S/C14H21NO2Si/c1-18(2,3)17-14(8-4-5-9-14)13(16)12-6-10-15-11-7-12/h6-7,10-11H,4-5,8-9H2,1-3H3. The van der Waals surface area contributed by atoms with Crippen LogP contribution in [0.4, 0.5) is 0 Å². The fourth-order valence-corrected chi connectivity index (χ4v) is 4.14. The molecule has 1 heterocycles. The molecule has 1 aliphatic rings. The lowest BCUT2D eigenvalue weighted by Crippen LogP contribution is -2.46. The number of hydrogen-bond donors (Lipinski definition) is 0. The van der Waals surface area contributed by atoms with Gasteiger partial charge in [-0.15, -0.1) is 0 Å². The molecule has 3 nitrogen and oxygen atoms in total. The van der Waals surface area contributed by atoms with Crippen LogP contribution in [0, 0.1) is 0 Å². The molecule has 1 aromatic rings. The molecular formula is C14H21NO2Si. The van der Waals surface area contributed by atoms with Gasteiger partial charge in [0.25, 0.3) is 0 Å². The van der Waals surface area contributed by atoms with Crippen molar-refractivity contribution in [3.05, 3.63) is 30.1 Å². The SMILES string of the molecule is C[Si](C)(C)OC1(C(=O)c2ccncc2)CCCC1. The predicted octanol–water partition coefficient (Wildman–Crippen LogP) is 3.43. The Hall–Kier alpha value is -1.00. The number of carbonyl (C=O) groups is 1. The Balaban J connectivity index is 2.28. The summed E-state index contributed by atoms with van der Waals surface area (Å²) in [6.45, 7) is 6.44. The first kappa shape index (κ1) is 13.4. The van der Waals surface area contributed by atoms with E-state index in [1.807, 2.05) is 0 Å². The Morgan fingerprint density at radius 3 is 2.28 bits per heavy atom. The van der Waals surface area contributed by atoms with E-state index in [1.54, 1.807) is 24.5 Å². The molecule has 0 unspecified atom stereocenters. The van der Waals surface area contributed by atoms with Crippen LogP contribution < -0.4 is 0 Å². The molecule has 1 aromatic heterocycles. The van der Waals surface area contributed by atoms with Crippen molar-refractivity contribution < 1.29 is 9.22 Å². The lowest BCUT2D eigenvalue weighted by molar-refractivity contribution is 0.0441. The molecule has 1 saturated carbocycles. The smallest absolute Gasteiger partial charge is 0.193 e. The maximum atomic E-state index is 12.7. The molecule has 0 N–H and O–H groups in total. The molecule has 0 radical (unpaired) electrons. The van der Waals surface area contributed by atoms with Crippen molar-refractivity contribution >= 4 is 14.1 Å². The third kappa shape index (κ3) is 2.87. The predicted molar refractivity (Wildman–Crippen MR) is 74.2 cm³/mol. The second-order valence-electron chi connectivity index (χ2n) is 5.98. The number of Topliss-reactive ketones (excluding diaryl/α,β-unsaturated/α-hetero) is 1. The summed E-state index contributed by atoms with van der Waals surface area (Å²) < 4.78 is 6.27. The van der Waals surface area contributed by atoms with E-state index < -0.39 is 13.9 Å². The van der Waals surface area contributed by atoms with Crippen LogP contribution in [0.3, 0.4) is 0 Å². The summed E-state index contributed by atoms with van der Waals surface area (Å²) in [4.78, 5) is 16.7. The maximum absolute atomic E-state index is 12.7. The first-order valence-electron chi connectivity index (χ1n) is 6.58. The van der Waals surface area contributed by atoms with Crippen LogP contribution in [-0.2, 0) is 4.43 Å². The lowest BCUT2D eigenvalue weighted by atomic mass is 9.92. The largest absolute Gasteiger partial charge is 0.405 e. The molecule has 0 aromatic carbocycles. The molecule has 1 fully saturated rings. The fourth-order valence-electron chi connectivity index (χ4n) is 2.67. The minimum atomic E-state index is -1.73. The molecule has 18 heavy (non-hydrogen) atoms. The molecule has 0 spiro atoms. The van der Waals surface area contributed by atoms with Crippen LogP contribution in [0.15, 0.2) is 24.5 Å². The van der Waals surface area contributed by atoms with Gasteiger partial charge in [-0.25, -0.2) is 0 Å². The Morgan fingerprint density at radius 2 is 1.78 bits per heavy atom. The van der Waals surface area contributed by atoms with Gasteiger partial charge in [0.15, 0.2) is 14.1 Å². The Kier molecular flexibility index (Phi) is 3.68. The molecule has 0 bridgehead atoms. The van der Waals surface area contributed by atoms with Gasteiger partial charge in [-0.1, -0.05) is 12.8 Å². The number of rotatable bonds is 4. The Morgan fingerprint density at radius 1 is 1.22 bits per heavy atom. The number of hydrogen-bond acceptors (Lipinski definition) is 3. The van der Waals surface area contributed by atoms with Gasteiger partial charge in [-0.2, -0.15) is 0 Å². The van der Waals surface area contributed by atoms with E-state index in [0.717, 1.165) is 31.2 Å². The molecule has 0 atom stereocenters. The molecular weight excluding hydrogens is 242 g/mol. The highest BCUT2D eigenvalue weighted by atomic mass is 28.4. The monoisotopic (exact) mass is 263 g/mol. The van der Waals surface area contributed by atoms with Gasteiger partial charge in [-0.05, 0) is 44.6 Å². The highest BCUT2D eigenvalue weighted by Crippen LogP contribution is 2.38. The number of nitrogens with zero attached hydrogens (tertiary/aromatic N) is 1. The molecule has 98 valence electrons. The minimum absolute atomic E-state index is 0.143. The van der Waals surface area contributed by atoms with Crippen molar-refractivity contribution in [3.8, 4) is 0 Å². The van der Waals surface area contributed by atoms with Gasteiger partial charge in [0.1, 0.15) is 5.60 Å². The van der Waals surface area contributed by atoms with E-state index in [9.17, 15) is 4.79 Å². The Bertz CT molecular complexity index is 419. The van der Waals surface area contributed by atoms with Crippen molar-refractivity contribution in [2.45, 2.75) is 50.9 Å². The van der Waals surface area contributed by atoms with Crippen LogP contribution in [-0.4, -0.2) is 24.7 Å². The van der Waals surface area contributed by atoms with E-state index in [2.05, 4.69) is 24.6 Å². The first-order chi connectivity index (χ1) is 8.43. The van der Waals surface area contributed by atoms with Crippen molar-refractivity contribution in [2.75, 3.05) is 0 Å². The third-order valence-corrected chi connectivity index (χ3v) is 4.27. The molecule has 1 aliphatic carbocycles. The van der Waals surface area contributed by atoms with Gasteiger partial charge in [-0.3, -0.25) is 9.78 Å². The van der Waals surface area contributed by atoms with Crippen LogP contribution in [0.25, 0.3) is 0 Å². The summed E-state index contributed by atoms with van der Waals surface area (Å²) in [6, 6.07) is 3.58. The van der Waals surface area contributed by atoms with Gasteiger partial charge >= 0.3 is 0 Å². The highest BCUT2D eigenvalue weighted by Gasteiger charge is 2.45. The lowest BCUT2D eigenvalue weighted by Gasteiger charge is -2.34. The topological polar surface area (TPSA) is 39.2 Å². The quantitative estimate of drug-likeness (QED) is 0.617. The number of ketones is 1. The van der Waals surface area contributed by atoms with Crippen molar-refractivity contribution in [1.29, 1.82) is 0 Å².